The first-order valence-corrected chi connectivity index (χ1v) is 11.6. The van der Waals surface area contributed by atoms with Crippen molar-refractivity contribution in [2.45, 2.75) is 71.4 Å². The Hall–Kier alpha value is -2.82. The summed E-state index contributed by atoms with van der Waals surface area (Å²) >= 11 is 0. The van der Waals surface area contributed by atoms with E-state index in [9.17, 15) is 10.2 Å². The Labute approximate surface area is 197 Å². The van der Waals surface area contributed by atoms with Crippen LogP contribution in [-0.2, 0) is 13.2 Å². The molecule has 4 nitrogen and oxygen atoms in total. The number of aliphatic hydroxyl groups is 2. The van der Waals surface area contributed by atoms with Crippen molar-refractivity contribution >= 4 is 0 Å². The van der Waals surface area contributed by atoms with Gasteiger partial charge in [-0.2, -0.15) is 0 Å². The van der Waals surface area contributed by atoms with Crippen LogP contribution < -0.4 is 9.47 Å². The summed E-state index contributed by atoms with van der Waals surface area (Å²) in [5.41, 5.74) is 3.16. The Morgan fingerprint density at radius 1 is 0.788 bits per heavy atom. The lowest BCUT2D eigenvalue weighted by molar-refractivity contribution is -0.0525. The van der Waals surface area contributed by atoms with Gasteiger partial charge in [-0.3, -0.25) is 0 Å². The number of hydrogen-bond acceptors (Lipinski definition) is 4. The molecule has 0 aliphatic carbocycles. The summed E-state index contributed by atoms with van der Waals surface area (Å²) in [5, 5.41) is 20.4. The fraction of sp³-hybridized carbons (Fsp3) is 0.379. The smallest absolute Gasteiger partial charge is 0.123 e. The van der Waals surface area contributed by atoms with Gasteiger partial charge < -0.3 is 19.7 Å². The van der Waals surface area contributed by atoms with Crippen LogP contribution in [0.15, 0.2) is 72.8 Å². The zero-order valence-electron chi connectivity index (χ0n) is 20.1. The Morgan fingerprint density at radius 2 is 1.30 bits per heavy atom. The average molecular weight is 449 g/mol. The van der Waals surface area contributed by atoms with E-state index in [-0.39, 0.29) is 5.92 Å². The lowest BCUT2D eigenvalue weighted by Crippen LogP contribution is -2.35. The van der Waals surface area contributed by atoms with Crippen molar-refractivity contribution in [3.63, 3.8) is 0 Å². The van der Waals surface area contributed by atoms with E-state index in [1.807, 2.05) is 73.7 Å². The molecule has 2 atom stereocenters. The van der Waals surface area contributed by atoms with Crippen LogP contribution >= 0.6 is 0 Å². The predicted molar refractivity (Wildman–Crippen MR) is 133 cm³/mol. The maximum Gasteiger partial charge on any atom is 0.123 e. The molecule has 0 aliphatic heterocycles. The largest absolute Gasteiger partial charge is 0.489 e. The van der Waals surface area contributed by atoms with E-state index in [1.54, 1.807) is 13.8 Å². The Bertz CT molecular complexity index is 993. The van der Waals surface area contributed by atoms with Crippen LogP contribution in [0.1, 0.15) is 61.8 Å². The maximum atomic E-state index is 10.3. The third-order valence-electron chi connectivity index (χ3n) is 6.00. The maximum absolute atomic E-state index is 10.3. The summed E-state index contributed by atoms with van der Waals surface area (Å²) in [5.74, 6) is 1.77. The molecule has 3 aromatic rings. The van der Waals surface area contributed by atoms with Crippen LogP contribution in [0, 0.1) is 6.92 Å². The molecule has 0 heterocycles. The highest BCUT2D eigenvalue weighted by Crippen LogP contribution is 2.37. The molecule has 0 radical (unpaired) electrons. The van der Waals surface area contributed by atoms with Gasteiger partial charge in [0.05, 0.1) is 11.7 Å². The first kappa shape index (κ1) is 24.8. The Kier molecular flexibility index (Phi) is 8.54. The van der Waals surface area contributed by atoms with Crippen LogP contribution in [0.5, 0.6) is 11.5 Å². The second-order valence-corrected chi connectivity index (χ2v) is 9.35. The van der Waals surface area contributed by atoms with Crippen molar-refractivity contribution in [2.24, 2.45) is 0 Å². The lowest BCUT2D eigenvalue weighted by Gasteiger charge is -2.26. The molecule has 0 saturated heterocycles. The average Bonchev–Trinajstić information content (AvgIpc) is 2.81. The molecule has 176 valence electrons. The molecule has 3 aromatic carbocycles. The SMILES string of the molecule is Cc1cc(OCc2ccccc2)c([C@H](C)CC[C@H](O)C(C)(C)O)cc1OCc1ccccc1. The molecule has 0 bridgehead atoms. The van der Waals surface area contributed by atoms with E-state index in [0.29, 0.717) is 26.1 Å². The third kappa shape index (κ3) is 7.34. The number of ether oxygens (including phenoxy) is 2. The zero-order chi connectivity index (χ0) is 23.8. The normalized spacial score (nSPS) is 13.4. The molecule has 0 spiro atoms. The van der Waals surface area contributed by atoms with Crippen molar-refractivity contribution in [1.82, 2.24) is 0 Å². The molecule has 0 aromatic heterocycles. The Morgan fingerprint density at radius 3 is 1.82 bits per heavy atom. The van der Waals surface area contributed by atoms with Crippen molar-refractivity contribution in [2.75, 3.05) is 0 Å². The van der Waals surface area contributed by atoms with E-state index in [0.717, 1.165) is 33.8 Å². The highest BCUT2D eigenvalue weighted by atomic mass is 16.5. The summed E-state index contributed by atoms with van der Waals surface area (Å²) in [6.07, 6.45) is 0.429. The molecule has 4 heteroatoms. The first-order valence-electron chi connectivity index (χ1n) is 11.6. The second kappa shape index (κ2) is 11.4. The third-order valence-corrected chi connectivity index (χ3v) is 6.00. The monoisotopic (exact) mass is 448 g/mol. The molecule has 0 saturated carbocycles. The van der Waals surface area contributed by atoms with Gasteiger partial charge in [-0.1, -0.05) is 67.6 Å². The van der Waals surface area contributed by atoms with Gasteiger partial charge in [-0.05, 0) is 68.4 Å². The molecule has 0 amide bonds. The van der Waals surface area contributed by atoms with Crippen LogP contribution in [0.2, 0.25) is 0 Å². The van der Waals surface area contributed by atoms with Gasteiger partial charge in [-0.25, -0.2) is 0 Å². The van der Waals surface area contributed by atoms with Gasteiger partial charge in [0.2, 0.25) is 0 Å². The van der Waals surface area contributed by atoms with E-state index >= 15 is 0 Å². The van der Waals surface area contributed by atoms with Gasteiger partial charge in [0.1, 0.15) is 24.7 Å². The minimum atomic E-state index is -1.12. The van der Waals surface area contributed by atoms with Crippen LogP contribution in [0.25, 0.3) is 0 Å². The van der Waals surface area contributed by atoms with Gasteiger partial charge >= 0.3 is 0 Å². The fourth-order valence-electron chi connectivity index (χ4n) is 3.73. The lowest BCUT2D eigenvalue weighted by atomic mass is 9.89. The van der Waals surface area contributed by atoms with Gasteiger partial charge in [0, 0.05) is 5.56 Å². The van der Waals surface area contributed by atoms with Gasteiger partial charge in [0.25, 0.3) is 0 Å². The van der Waals surface area contributed by atoms with Crippen molar-refractivity contribution in [3.05, 3.63) is 95.1 Å². The number of rotatable bonds is 11. The topological polar surface area (TPSA) is 58.9 Å². The number of benzene rings is 3. The number of aryl methyl sites for hydroxylation is 1. The number of hydrogen-bond donors (Lipinski definition) is 2. The minimum absolute atomic E-state index is 0.118. The fourth-order valence-corrected chi connectivity index (χ4v) is 3.73. The van der Waals surface area contributed by atoms with Crippen molar-refractivity contribution in [3.8, 4) is 11.5 Å². The summed E-state index contributed by atoms with van der Waals surface area (Å²) < 4.78 is 12.4. The van der Waals surface area contributed by atoms with E-state index in [4.69, 9.17) is 9.47 Å². The predicted octanol–water partition coefficient (Wildman–Crippen LogP) is 6.17. The molecule has 0 aliphatic rings. The molecular formula is C29H36O4. The summed E-state index contributed by atoms with van der Waals surface area (Å²) in [6.45, 7) is 8.41. The molecular weight excluding hydrogens is 412 g/mol. The quantitative estimate of drug-likeness (QED) is 0.368. The second-order valence-electron chi connectivity index (χ2n) is 9.35. The van der Waals surface area contributed by atoms with Gasteiger partial charge in [0.15, 0.2) is 0 Å². The van der Waals surface area contributed by atoms with E-state index in [2.05, 4.69) is 13.0 Å². The first-order chi connectivity index (χ1) is 15.7. The highest BCUT2D eigenvalue weighted by molar-refractivity contribution is 5.47. The molecule has 3 rings (SSSR count). The van der Waals surface area contributed by atoms with Crippen LogP contribution in [0.4, 0.5) is 0 Å². The van der Waals surface area contributed by atoms with Gasteiger partial charge in [-0.15, -0.1) is 0 Å². The molecule has 33 heavy (non-hydrogen) atoms. The van der Waals surface area contributed by atoms with Crippen LogP contribution in [-0.4, -0.2) is 21.9 Å². The molecule has 2 N–H and O–H groups in total. The van der Waals surface area contributed by atoms with E-state index < -0.39 is 11.7 Å². The van der Waals surface area contributed by atoms with Crippen LogP contribution in [0.3, 0.4) is 0 Å². The highest BCUT2D eigenvalue weighted by Gasteiger charge is 2.25. The number of aliphatic hydroxyl groups excluding tert-OH is 1. The zero-order valence-corrected chi connectivity index (χ0v) is 20.1. The summed E-state index contributed by atoms with van der Waals surface area (Å²) in [4.78, 5) is 0. The summed E-state index contributed by atoms with van der Waals surface area (Å²) in [6, 6.07) is 24.3. The summed E-state index contributed by atoms with van der Waals surface area (Å²) in [7, 11) is 0. The molecule has 0 fully saturated rings. The minimum Gasteiger partial charge on any atom is -0.489 e. The van der Waals surface area contributed by atoms with Crippen molar-refractivity contribution in [1.29, 1.82) is 0 Å². The molecule has 0 unspecified atom stereocenters. The van der Waals surface area contributed by atoms with Crippen molar-refractivity contribution < 1.29 is 19.7 Å². The Balaban J connectivity index is 1.81. The van der Waals surface area contributed by atoms with E-state index in [1.165, 1.54) is 0 Å². The standard InChI is InChI=1S/C29H36O4/c1-21(15-16-28(30)29(3,4)31)25-18-26(32-19-23-11-7-5-8-12-23)22(2)17-27(25)33-20-24-13-9-6-10-14-24/h5-14,17-18,21,28,30-31H,15-16,19-20H2,1-4H3/t21-,28+/m1/s1.